The second-order valence-corrected chi connectivity index (χ2v) is 27.6. The van der Waals surface area contributed by atoms with Gasteiger partial charge in [0.25, 0.3) is 0 Å². The maximum absolute atomic E-state index is 15.3. The van der Waals surface area contributed by atoms with E-state index in [2.05, 4.69) is 68.8 Å². The normalized spacial score (nSPS) is 19.0. The van der Waals surface area contributed by atoms with Crippen molar-refractivity contribution in [2.45, 2.75) is 170 Å². The molecule has 1 aromatic heterocycles. The highest BCUT2D eigenvalue weighted by molar-refractivity contribution is 7.99. The number of carbonyl (C=O) groups excluding carboxylic acids is 16. The standard InChI is InChI=1S/C71H90FN17O19S/c1-35(90)59-69(107)85-51(30-41-32-77-44-12-8-7-11-43(41)44)66(104)81-45(19-22-54(73)92)61(99)86-53(34-109-26-25-48(79-36(2)91)63(101)80-46(64(102)88-59)20-23-55(74)93)67(105)82-49(28-37-14-17-42(72)18-15-37)65(103)83-50(29-38-13-16-39-9-5-6-10-40(39)27-38)68(106)89-71(3,4)70(108)87-47(21-24-58(96)97)62(100)84-52(31-56(75)94)60(98)78-33-57(76)95/h5-18,27,32,35,45-53,59,77,90H,19-26,28-31,33-34H2,1-4H3,(H2,73,92)(H2,74,93)(H2,75,94)(H2,76,95)(H,78,98)(H,79,91)(H,80,101)(H,81,104)(H,82,105)(H,83,103)(H,84,100)(H,85,107)(H,86,99)(H,87,108)(H,88,102)(H,89,106)(H,96,97)/t35-,45+,46+,47+,48+,49+,50+,51+,52+,53+,59+/m1/s1. The fourth-order valence-corrected chi connectivity index (χ4v) is 12.4. The van der Waals surface area contributed by atoms with Crippen LogP contribution in [-0.4, -0.2) is 206 Å². The molecule has 6 rings (SSSR count). The van der Waals surface area contributed by atoms with Gasteiger partial charge in [-0.25, -0.2) is 4.39 Å². The lowest BCUT2D eigenvalue weighted by atomic mass is 9.97. The molecule has 1 saturated heterocycles. The first kappa shape index (κ1) is 85.8. The molecule has 36 nitrogen and oxygen atoms in total. The number of halogens is 1. The monoisotopic (exact) mass is 1540 g/mol. The number of nitrogens with one attached hydrogen (secondary N) is 13. The van der Waals surface area contributed by atoms with Crippen LogP contribution in [-0.2, 0) is 101 Å². The van der Waals surface area contributed by atoms with Gasteiger partial charge in [0.15, 0.2) is 0 Å². The predicted octanol–water partition coefficient (Wildman–Crippen LogP) is -4.36. The number of fused-ring (bicyclic) bond motifs is 2. The summed E-state index contributed by atoms with van der Waals surface area (Å²) in [6.07, 6.45) is -6.00. The lowest BCUT2D eigenvalue weighted by Crippen LogP contribution is -2.64. The number of carboxylic acid groups (broad SMARTS) is 1. The minimum absolute atomic E-state index is 0.163. The van der Waals surface area contributed by atoms with Crippen molar-refractivity contribution in [1.29, 1.82) is 0 Å². The van der Waals surface area contributed by atoms with Crippen molar-refractivity contribution in [3.05, 3.63) is 120 Å². The zero-order valence-electron chi connectivity index (χ0n) is 59.9. The second kappa shape index (κ2) is 40.6. The quantitative estimate of drug-likeness (QED) is 0.0193. The van der Waals surface area contributed by atoms with Gasteiger partial charge in [-0.1, -0.05) is 72.8 Å². The third kappa shape index (κ3) is 27.3. The van der Waals surface area contributed by atoms with Gasteiger partial charge in [-0.3, -0.25) is 81.5 Å². The molecule has 23 N–H and O–H groups in total. The Morgan fingerprint density at radius 1 is 0.606 bits per heavy atom. The molecular formula is C71H90FN17O19S. The summed E-state index contributed by atoms with van der Waals surface area (Å²) in [5.74, 6) is -19.8. The number of aliphatic hydroxyl groups is 1. The predicted molar refractivity (Wildman–Crippen MR) is 390 cm³/mol. The molecular weight excluding hydrogens is 1450 g/mol. The first-order chi connectivity index (χ1) is 51.5. The Labute approximate surface area is 627 Å². The third-order valence-corrected chi connectivity index (χ3v) is 18.3. The van der Waals surface area contributed by atoms with Gasteiger partial charge in [-0.05, 0) is 97.9 Å². The van der Waals surface area contributed by atoms with E-state index in [1.807, 2.05) is 0 Å². The SMILES string of the molecule is CC(=O)N[C@H]1CCSC[C@@H](C(=O)N[C@@H](Cc2ccc(F)cc2)C(=O)N[C@@H](Cc2ccc3ccccc3c2)C(=O)NC(C)(C)C(=O)N[C@@H](CCC(=O)O)C(=O)N[C@@H](CC(N)=O)C(=O)NCC(N)=O)NC(=O)[C@H](CCC(N)=O)NC(=O)[C@H](Cc2c[nH]c3ccccc23)NC(=O)[C@H]([C@@H](C)O)NC(=O)[C@H](CCC(N)=O)NC1=O. The Kier molecular flexibility index (Phi) is 32.0. The van der Waals surface area contributed by atoms with Crippen LogP contribution in [0.15, 0.2) is 97.2 Å². The minimum Gasteiger partial charge on any atom is -0.481 e. The van der Waals surface area contributed by atoms with Crippen LogP contribution in [0.4, 0.5) is 4.39 Å². The molecule has 0 aliphatic carbocycles. The van der Waals surface area contributed by atoms with Gasteiger partial charge in [0.1, 0.15) is 71.8 Å². The number of benzene rings is 4. The molecule has 0 saturated carbocycles. The molecule has 0 spiro atoms. The van der Waals surface area contributed by atoms with Crippen LogP contribution in [0.1, 0.15) is 95.8 Å². The number of thioether (sulfide) groups is 1. The largest absolute Gasteiger partial charge is 0.481 e. The number of para-hydroxylation sites is 1. The summed E-state index contributed by atoms with van der Waals surface area (Å²) in [4.78, 5) is 235. The van der Waals surface area contributed by atoms with E-state index in [9.17, 15) is 81.7 Å². The summed E-state index contributed by atoms with van der Waals surface area (Å²) >= 11 is 0.889. The molecule has 4 aromatic carbocycles. The van der Waals surface area contributed by atoms with Crippen LogP contribution in [0.3, 0.4) is 0 Å². The fourth-order valence-electron chi connectivity index (χ4n) is 11.4. The summed E-state index contributed by atoms with van der Waals surface area (Å²) in [5, 5.41) is 52.1. The highest BCUT2D eigenvalue weighted by Crippen LogP contribution is 2.22. The summed E-state index contributed by atoms with van der Waals surface area (Å²) in [7, 11) is 0. The summed E-state index contributed by atoms with van der Waals surface area (Å²) in [6.45, 7) is 3.83. The molecule has 5 aromatic rings. The van der Waals surface area contributed by atoms with E-state index in [0.717, 1.165) is 43.1 Å². The van der Waals surface area contributed by atoms with Crippen molar-refractivity contribution in [2.75, 3.05) is 18.1 Å². The first-order valence-corrected chi connectivity index (χ1v) is 35.6. The van der Waals surface area contributed by atoms with Gasteiger partial charge >= 0.3 is 5.97 Å². The van der Waals surface area contributed by atoms with Crippen molar-refractivity contribution < 1.29 is 96.1 Å². The number of primary amides is 4. The minimum atomic E-state index is -2.10. The van der Waals surface area contributed by atoms with Gasteiger partial charge < -0.3 is 102 Å². The molecule has 109 heavy (non-hydrogen) atoms. The Morgan fingerprint density at radius 3 is 1.80 bits per heavy atom. The molecule has 586 valence electrons. The van der Waals surface area contributed by atoms with Crippen LogP contribution >= 0.6 is 11.8 Å². The number of carbonyl (C=O) groups is 17. The van der Waals surface area contributed by atoms with Crippen LogP contribution in [0.2, 0.25) is 0 Å². The Bertz CT molecular complexity index is 4230. The maximum Gasteiger partial charge on any atom is 0.303 e. The first-order valence-electron chi connectivity index (χ1n) is 34.5. The third-order valence-electron chi connectivity index (χ3n) is 17.2. The van der Waals surface area contributed by atoms with Gasteiger partial charge in [-0.15, -0.1) is 0 Å². The summed E-state index contributed by atoms with van der Waals surface area (Å²) < 4.78 is 14.6. The number of hydrogen-bond acceptors (Lipinski definition) is 19. The second-order valence-electron chi connectivity index (χ2n) is 26.5. The van der Waals surface area contributed by atoms with Crippen molar-refractivity contribution in [3.63, 3.8) is 0 Å². The fraction of sp³-hybridized carbons (Fsp3) is 0.423. The lowest BCUT2D eigenvalue weighted by molar-refractivity contribution is -0.139. The Balaban J connectivity index is 1.40. The molecule has 0 unspecified atom stereocenters. The highest BCUT2D eigenvalue weighted by Gasteiger charge is 2.40. The maximum atomic E-state index is 15.3. The molecule has 1 aliphatic heterocycles. The van der Waals surface area contributed by atoms with E-state index < -0.39 is 242 Å². The van der Waals surface area contributed by atoms with Gasteiger partial charge in [-0.2, -0.15) is 11.8 Å². The van der Waals surface area contributed by atoms with Crippen molar-refractivity contribution in [3.8, 4) is 0 Å². The topological polar surface area (TPSA) is 595 Å². The number of H-pyrrole nitrogens is 1. The van der Waals surface area contributed by atoms with Crippen molar-refractivity contribution in [2.24, 2.45) is 22.9 Å². The van der Waals surface area contributed by atoms with E-state index >= 15 is 14.4 Å². The lowest BCUT2D eigenvalue weighted by Gasteiger charge is -2.31. The molecule has 2 heterocycles. The number of amides is 16. The molecule has 0 bridgehead atoms. The highest BCUT2D eigenvalue weighted by atomic mass is 32.2. The van der Waals surface area contributed by atoms with Gasteiger partial charge in [0, 0.05) is 68.3 Å². The summed E-state index contributed by atoms with van der Waals surface area (Å²) in [5.41, 5.74) is 21.0. The van der Waals surface area contributed by atoms with Crippen LogP contribution in [0.25, 0.3) is 21.7 Å². The van der Waals surface area contributed by atoms with E-state index in [0.29, 0.717) is 27.4 Å². The van der Waals surface area contributed by atoms with E-state index in [4.69, 9.17) is 22.9 Å². The van der Waals surface area contributed by atoms with Crippen LogP contribution in [0.5, 0.6) is 0 Å². The van der Waals surface area contributed by atoms with Gasteiger partial charge in [0.05, 0.1) is 19.1 Å². The molecule has 1 fully saturated rings. The van der Waals surface area contributed by atoms with Crippen LogP contribution in [0, 0.1) is 5.82 Å². The van der Waals surface area contributed by atoms with Crippen molar-refractivity contribution in [1.82, 2.24) is 68.8 Å². The number of nitrogens with two attached hydrogens (primary N) is 4. The number of hydrogen-bond donors (Lipinski definition) is 19. The van der Waals surface area contributed by atoms with Crippen LogP contribution < -0.4 is 86.7 Å². The number of aromatic nitrogens is 1. The zero-order valence-corrected chi connectivity index (χ0v) is 60.7. The Morgan fingerprint density at radius 2 is 1.17 bits per heavy atom. The molecule has 1 aliphatic rings. The molecule has 16 amide bonds. The average molecular weight is 1540 g/mol. The van der Waals surface area contributed by atoms with Gasteiger partial charge in [0.2, 0.25) is 94.5 Å². The average Bonchev–Trinajstić information content (AvgIpc) is 1.80. The number of aliphatic carboxylic acids is 1. The summed E-state index contributed by atoms with van der Waals surface area (Å²) in [6, 6.07) is 6.23. The molecule has 38 heteroatoms. The van der Waals surface area contributed by atoms with Crippen molar-refractivity contribution >= 4 is 134 Å². The number of aromatic amines is 1. The van der Waals surface area contributed by atoms with E-state index in [1.54, 1.807) is 66.7 Å². The van der Waals surface area contributed by atoms with E-state index in [1.165, 1.54) is 32.2 Å². The molecule has 11 atom stereocenters. The van der Waals surface area contributed by atoms with E-state index in [-0.39, 0.29) is 30.6 Å². The number of carboxylic acids is 1. The molecule has 0 radical (unpaired) electrons. The zero-order chi connectivity index (χ0) is 80.4. The number of aliphatic hydroxyl groups excluding tert-OH is 1. The Hall–Kier alpha value is -12.1. The number of rotatable bonds is 32. The smallest absolute Gasteiger partial charge is 0.303 e.